The number of carbonyl (C=O) groups is 1. The van der Waals surface area contributed by atoms with Crippen molar-refractivity contribution in [3.63, 3.8) is 0 Å². The van der Waals surface area contributed by atoms with E-state index in [1.807, 2.05) is 0 Å². The summed E-state index contributed by atoms with van der Waals surface area (Å²) in [7, 11) is 0. The third-order valence-electron chi connectivity index (χ3n) is 1.97. The van der Waals surface area contributed by atoms with E-state index >= 15 is 0 Å². The predicted octanol–water partition coefficient (Wildman–Crippen LogP) is 1.86. The van der Waals surface area contributed by atoms with E-state index in [0.717, 1.165) is 11.8 Å². The number of aryl methyl sites for hydroxylation is 1. The second-order valence-electron chi connectivity index (χ2n) is 2.86. The zero-order valence-corrected chi connectivity index (χ0v) is 7.60. The number of hydrogen-bond acceptors (Lipinski definition) is 4. The van der Waals surface area contributed by atoms with Gasteiger partial charge in [0.25, 0.3) is 0 Å². The summed E-state index contributed by atoms with van der Waals surface area (Å²) in [6, 6.07) is 3.54. The van der Waals surface area contributed by atoms with Crippen LogP contribution in [0.15, 0.2) is 29.0 Å². The van der Waals surface area contributed by atoms with Gasteiger partial charge in [-0.05, 0) is 19.1 Å². The van der Waals surface area contributed by atoms with Gasteiger partial charge in [0.1, 0.15) is 0 Å². The highest BCUT2D eigenvalue weighted by Crippen LogP contribution is 2.23. The Hall–Kier alpha value is -1.97. The lowest BCUT2D eigenvalue weighted by Crippen LogP contribution is -1.84. The Labute approximate surface area is 80.6 Å². The number of aromatic nitrogens is 2. The zero-order chi connectivity index (χ0) is 9.97. The van der Waals surface area contributed by atoms with E-state index in [0.29, 0.717) is 17.0 Å². The fourth-order valence-electron chi connectivity index (χ4n) is 1.23. The average Bonchev–Trinajstić information content (AvgIpc) is 2.61. The topological polar surface area (TPSA) is 56.0 Å². The van der Waals surface area contributed by atoms with Crippen LogP contribution in [0.2, 0.25) is 0 Å². The van der Waals surface area contributed by atoms with Crippen LogP contribution in [0.25, 0.3) is 11.3 Å². The van der Waals surface area contributed by atoms with Crippen molar-refractivity contribution in [1.29, 1.82) is 0 Å². The third-order valence-corrected chi connectivity index (χ3v) is 1.97. The van der Waals surface area contributed by atoms with Crippen molar-refractivity contribution >= 4 is 6.29 Å². The van der Waals surface area contributed by atoms with Crippen LogP contribution in [-0.2, 0) is 0 Å². The SMILES string of the molecule is Cc1noc(-c2ccncc2)c1C=O. The van der Waals surface area contributed by atoms with Crippen molar-refractivity contribution in [1.82, 2.24) is 10.1 Å². The lowest BCUT2D eigenvalue weighted by atomic mass is 10.1. The number of aldehydes is 1. The molecule has 0 unspecified atom stereocenters. The molecule has 0 fully saturated rings. The molecule has 0 atom stereocenters. The Morgan fingerprint density at radius 3 is 2.71 bits per heavy atom. The highest BCUT2D eigenvalue weighted by atomic mass is 16.5. The van der Waals surface area contributed by atoms with Gasteiger partial charge in [-0.3, -0.25) is 9.78 Å². The molecule has 0 aromatic carbocycles. The molecule has 4 heteroatoms. The van der Waals surface area contributed by atoms with E-state index in [2.05, 4.69) is 10.1 Å². The largest absolute Gasteiger partial charge is 0.355 e. The maximum absolute atomic E-state index is 10.8. The number of pyridine rings is 1. The van der Waals surface area contributed by atoms with Crippen molar-refractivity contribution < 1.29 is 9.32 Å². The molecule has 70 valence electrons. The van der Waals surface area contributed by atoms with Gasteiger partial charge >= 0.3 is 0 Å². The van der Waals surface area contributed by atoms with Gasteiger partial charge in [-0.25, -0.2) is 0 Å². The fraction of sp³-hybridized carbons (Fsp3) is 0.100. The molecule has 2 rings (SSSR count). The van der Waals surface area contributed by atoms with E-state index in [1.165, 1.54) is 0 Å². The molecule has 0 bridgehead atoms. The molecule has 2 heterocycles. The van der Waals surface area contributed by atoms with Gasteiger partial charge in [0.2, 0.25) is 0 Å². The number of nitrogens with zero attached hydrogens (tertiary/aromatic N) is 2. The Morgan fingerprint density at radius 1 is 1.36 bits per heavy atom. The number of carbonyl (C=O) groups excluding carboxylic acids is 1. The molecule has 2 aromatic rings. The first-order chi connectivity index (χ1) is 6.83. The molecule has 0 aliphatic rings. The monoisotopic (exact) mass is 188 g/mol. The van der Waals surface area contributed by atoms with Gasteiger partial charge < -0.3 is 4.52 Å². The molecule has 4 nitrogen and oxygen atoms in total. The quantitative estimate of drug-likeness (QED) is 0.675. The van der Waals surface area contributed by atoms with Crippen LogP contribution in [0.5, 0.6) is 0 Å². The molecule has 0 saturated heterocycles. The highest BCUT2D eigenvalue weighted by molar-refractivity contribution is 5.85. The molecule has 2 aromatic heterocycles. The van der Waals surface area contributed by atoms with Crippen LogP contribution in [0, 0.1) is 6.92 Å². The van der Waals surface area contributed by atoms with Crippen LogP contribution < -0.4 is 0 Å². The van der Waals surface area contributed by atoms with Crippen molar-refractivity contribution in [2.24, 2.45) is 0 Å². The average molecular weight is 188 g/mol. The number of hydrogen-bond donors (Lipinski definition) is 0. The normalized spacial score (nSPS) is 10.1. The minimum Gasteiger partial charge on any atom is -0.355 e. The summed E-state index contributed by atoms with van der Waals surface area (Å²) in [5.74, 6) is 0.500. The molecule has 0 radical (unpaired) electrons. The van der Waals surface area contributed by atoms with Crippen molar-refractivity contribution in [2.45, 2.75) is 6.92 Å². The fourth-order valence-corrected chi connectivity index (χ4v) is 1.23. The minimum absolute atomic E-state index is 0.496. The second kappa shape index (κ2) is 3.41. The van der Waals surface area contributed by atoms with E-state index in [-0.39, 0.29) is 0 Å². The first-order valence-corrected chi connectivity index (χ1v) is 4.15. The summed E-state index contributed by atoms with van der Waals surface area (Å²) >= 11 is 0. The molecule has 0 saturated carbocycles. The Bertz CT molecular complexity index is 448. The van der Waals surface area contributed by atoms with Gasteiger partial charge in [-0.15, -0.1) is 0 Å². The standard InChI is InChI=1S/C10H8N2O2/c1-7-9(6-13)10(14-12-7)8-2-4-11-5-3-8/h2-6H,1H3. The summed E-state index contributed by atoms with van der Waals surface area (Å²) in [6.07, 6.45) is 4.03. The lowest BCUT2D eigenvalue weighted by molar-refractivity contribution is 0.112. The Balaban J connectivity index is 2.57. The van der Waals surface area contributed by atoms with E-state index < -0.39 is 0 Å². The summed E-state index contributed by atoms with van der Waals surface area (Å²) in [6.45, 7) is 1.73. The zero-order valence-electron chi connectivity index (χ0n) is 7.60. The van der Waals surface area contributed by atoms with Gasteiger partial charge in [0, 0.05) is 18.0 Å². The molecule has 0 amide bonds. The van der Waals surface area contributed by atoms with E-state index in [1.54, 1.807) is 31.5 Å². The molecular weight excluding hydrogens is 180 g/mol. The van der Waals surface area contributed by atoms with Crippen LogP contribution >= 0.6 is 0 Å². The summed E-state index contributed by atoms with van der Waals surface area (Å²) in [5, 5.41) is 3.74. The maximum Gasteiger partial charge on any atom is 0.177 e. The lowest BCUT2D eigenvalue weighted by Gasteiger charge is -1.94. The van der Waals surface area contributed by atoms with Crippen molar-refractivity contribution in [3.8, 4) is 11.3 Å². The van der Waals surface area contributed by atoms with Crippen LogP contribution in [-0.4, -0.2) is 16.4 Å². The molecule has 0 N–H and O–H groups in total. The van der Waals surface area contributed by atoms with Gasteiger partial charge in [-0.1, -0.05) is 5.16 Å². The van der Waals surface area contributed by atoms with Crippen molar-refractivity contribution in [3.05, 3.63) is 35.8 Å². The van der Waals surface area contributed by atoms with E-state index in [9.17, 15) is 4.79 Å². The Kier molecular flexibility index (Phi) is 2.10. The molecule has 0 aliphatic heterocycles. The summed E-state index contributed by atoms with van der Waals surface area (Å²) < 4.78 is 5.06. The molecule has 0 spiro atoms. The van der Waals surface area contributed by atoms with Crippen LogP contribution in [0.4, 0.5) is 0 Å². The first-order valence-electron chi connectivity index (χ1n) is 4.15. The minimum atomic E-state index is 0.496. The van der Waals surface area contributed by atoms with Gasteiger partial charge in [0.15, 0.2) is 12.0 Å². The smallest absolute Gasteiger partial charge is 0.177 e. The second-order valence-corrected chi connectivity index (χ2v) is 2.86. The molecule has 0 aliphatic carbocycles. The highest BCUT2D eigenvalue weighted by Gasteiger charge is 2.13. The van der Waals surface area contributed by atoms with Gasteiger partial charge in [0.05, 0.1) is 11.3 Å². The summed E-state index contributed by atoms with van der Waals surface area (Å²) in [4.78, 5) is 14.6. The summed E-state index contributed by atoms with van der Waals surface area (Å²) in [5.41, 5.74) is 1.91. The third kappa shape index (κ3) is 1.31. The number of rotatable bonds is 2. The van der Waals surface area contributed by atoms with Crippen molar-refractivity contribution in [2.75, 3.05) is 0 Å². The molecular formula is C10H8N2O2. The van der Waals surface area contributed by atoms with E-state index in [4.69, 9.17) is 4.52 Å². The Morgan fingerprint density at radius 2 is 2.07 bits per heavy atom. The van der Waals surface area contributed by atoms with Gasteiger partial charge in [-0.2, -0.15) is 0 Å². The molecule has 14 heavy (non-hydrogen) atoms. The maximum atomic E-state index is 10.8. The van der Waals surface area contributed by atoms with Crippen LogP contribution in [0.3, 0.4) is 0 Å². The van der Waals surface area contributed by atoms with Crippen LogP contribution in [0.1, 0.15) is 16.1 Å². The predicted molar refractivity (Wildman–Crippen MR) is 49.9 cm³/mol. The first kappa shape index (κ1) is 8.62.